The van der Waals surface area contributed by atoms with Crippen LogP contribution in [-0.4, -0.2) is 40.6 Å². The van der Waals surface area contributed by atoms with Crippen molar-refractivity contribution in [2.75, 3.05) is 6.54 Å². The second-order valence-electron chi connectivity index (χ2n) is 3.18. The molecule has 1 unspecified atom stereocenters. The summed E-state index contributed by atoms with van der Waals surface area (Å²) in [6.45, 7) is 2.26. The summed E-state index contributed by atoms with van der Waals surface area (Å²) in [5.41, 5.74) is 4.66. The van der Waals surface area contributed by atoms with Crippen LogP contribution in [0.5, 0.6) is 0 Å². The third-order valence-electron chi connectivity index (χ3n) is 2.01. The topological polar surface area (TPSA) is 130 Å². The first-order valence-electron chi connectivity index (χ1n) is 4.43. The first-order chi connectivity index (χ1) is 7.27. The second kappa shape index (κ2) is 5.86. The third kappa shape index (κ3) is 4.09. The largest absolute Gasteiger partial charge is 0.478 e. The Balaban J connectivity index is 4.44. The van der Waals surface area contributed by atoms with E-state index in [1.54, 1.807) is 0 Å². The molecule has 0 aliphatic rings. The maximum absolute atomic E-state index is 11.3. The maximum Gasteiger partial charge on any atom is 0.331 e. The molecule has 0 saturated carbocycles. The van der Waals surface area contributed by atoms with Crippen molar-refractivity contribution in [3.05, 3.63) is 11.1 Å². The van der Waals surface area contributed by atoms with Crippen LogP contribution in [0, 0.1) is 0 Å². The molecule has 0 heterocycles. The molecule has 0 rings (SSSR count). The molecule has 7 nitrogen and oxygen atoms in total. The van der Waals surface area contributed by atoms with E-state index in [2.05, 4.69) is 5.32 Å². The van der Waals surface area contributed by atoms with E-state index in [1.165, 1.54) is 13.8 Å². The van der Waals surface area contributed by atoms with E-state index < -0.39 is 23.9 Å². The number of hydrogen-bond donors (Lipinski definition) is 4. The molecule has 0 aromatic carbocycles. The van der Waals surface area contributed by atoms with Gasteiger partial charge in [0, 0.05) is 11.1 Å². The molecule has 0 aromatic rings. The molecule has 16 heavy (non-hydrogen) atoms. The summed E-state index contributed by atoms with van der Waals surface area (Å²) < 4.78 is 0. The number of carbonyl (C=O) groups is 3. The lowest BCUT2D eigenvalue weighted by Crippen LogP contribution is -2.40. The van der Waals surface area contributed by atoms with Gasteiger partial charge in [-0.1, -0.05) is 0 Å². The van der Waals surface area contributed by atoms with Crippen LogP contribution in [0.25, 0.3) is 0 Å². The number of nitrogens with one attached hydrogen (secondary N) is 1. The van der Waals surface area contributed by atoms with Crippen molar-refractivity contribution in [3.8, 4) is 0 Å². The van der Waals surface area contributed by atoms with Gasteiger partial charge in [-0.15, -0.1) is 0 Å². The van der Waals surface area contributed by atoms with Crippen molar-refractivity contribution in [1.82, 2.24) is 5.32 Å². The quantitative estimate of drug-likeness (QED) is 0.421. The predicted octanol–water partition coefficient (Wildman–Crippen LogP) is -1.63. The van der Waals surface area contributed by atoms with Crippen molar-refractivity contribution < 1.29 is 24.6 Å². The molecule has 0 aromatic heterocycles. The van der Waals surface area contributed by atoms with Gasteiger partial charge in [-0.25, -0.2) is 4.79 Å². The van der Waals surface area contributed by atoms with E-state index in [-0.39, 0.29) is 17.7 Å². The Kier molecular flexibility index (Phi) is 5.17. The standard InChI is InChI=1S/C9H14N2O5/c1-4(5(2)9(15)16)8(14)11-3-6(12)7(10)13/h6,12H,3H2,1-2H3,(H2,10,13)(H,11,14)(H,15,16). The number of aliphatic hydroxyl groups excluding tert-OH is 1. The molecule has 90 valence electrons. The predicted molar refractivity (Wildman–Crippen MR) is 54.2 cm³/mol. The molecule has 0 bridgehead atoms. The first-order valence-corrected chi connectivity index (χ1v) is 4.43. The summed E-state index contributed by atoms with van der Waals surface area (Å²) in [4.78, 5) is 32.3. The van der Waals surface area contributed by atoms with E-state index >= 15 is 0 Å². The first kappa shape index (κ1) is 14.1. The number of nitrogens with two attached hydrogens (primary N) is 1. The Morgan fingerprint density at radius 3 is 2.12 bits per heavy atom. The minimum atomic E-state index is -1.48. The van der Waals surface area contributed by atoms with Gasteiger partial charge in [0.25, 0.3) is 0 Å². The van der Waals surface area contributed by atoms with Crippen LogP contribution >= 0.6 is 0 Å². The molecule has 0 fully saturated rings. The van der Waals surface area contributed by atoms with Crippen LogP contribution in [0.2, 0.25) is 0 Å². The molecule has 0 spiro atoms. The van der Waals surface area contributed by atoms with Gasteiger partial charge >= 0.3 is 5.97 Å². The van der Waals surface area contributed by atoms with Crippen molar-refractivity contribution in [2.24, 2.45) is 5.73 Å². The fourth-order valence-electron chi connectivity index (χ4n) is 0.753. The van der Waals surface area contributed by atoms with Gasteiger partial charge in [-0.3, -0.25) is 9.59 Å². The Morgan fingerprint density at radius 1 is 1.25 bits per heavy atom. The van der Waals surface area contributed by atoms with E-state index in [4.69, 9.17) is 15.9 Å². The van der Waals surface area contributed by atoms with E-state index in [9.17, 15) is 14.4 Å². The number of primary amides is 1. The zero-order valence-corrected chi connectivity index (χ0v) is 8.98. The normalized spacial score (nSPS) is 13.7. The highest BCUT2D eigenvalue weighted by atomic mass is 16.4. The van der Waals surface area contributed by atoms with Crippen LogP contribution in [0.15, 0.2) is 11.1 Å². The molecule has 2 amide bonds. The van der Waals surface area contributed by atoms with E-state index in [0.717, 1.165) is 0 Å². The Labute approximate surface area is 91.9 Å². The zero-order valence-electron chi connectivity index (χ0n) is 8.98. The third-order valence-corrected chi connectivity index (χ3v) is 2.01. The lowest BCUT2D eigenvalue weighted by Gasteiger charge is -2.09. The number of amides is 2. The fourth-order valence-corrected chi connectivity index (χ4v) is 0.753. The van der Waals surface area contributed by atoms with Gasteiger partial charge in [0.1, 0.15) is 6.10 Å². The SMILES string of the molecule is CC(C(=O)O)=C(C)C(=O)NCC(O)C(N)=O. The average Bonchev–Trinajstić information content (AvgIpc) is 2.22. The molecule has 0 radical (unpaired) electrons. The van der Waals surface area contributed by atoms with Gasteiger partial charge in [-0.2, -0.15) is 0 Å². The number of carbonyl (C=O) groups excluding carboxylic acids is 2. The van der Waals surface area contributed by atoms with Crippen LogP contribution in [0.4, 0.5) is 0 Å². The number of carboxylic acid groups (broad SMARTS) is 1. The number of hydrogen-bond acceptors (Lipinski definition) is 4. The highest BCUT2D eigenvalue weighted by molar-refractivity contribution is 6.01. The van der Waals surface area contributed by atoms with Crippen LogP contribution in [0.3, 0.4) is 0 Å². The fraction of sp³-hybridized carbons (Fsp3) is 0.444. The number of rotatable bonds is 5. The summed E-state index contributed by atoms with van der Waals surface area (Å²) >= 11 is 0. The lowest BCUT2D eigenvalue weighted by atomic mass is 10.1. The van der Waals surface area contributed by atoms with Crippen molar-refractivity contribution in [2.45, 2.75) is 20.0 Å². The summed E-state index contributed by atoms with van der Waals surface area (Å²) in [6, 6.07) is 0. The highest BCUT2D eigenvalue weighted by Crippen LogP contribution is 2.03. The monoisotopic (exact) mass is 230 g/mol. The molecular weight excluding hydrogens is 216 g/mol. The Morgan fingerprint density at radius 2 is 1.75 bits per heavy atom. The molecular formula is C9H14N2O5. The Hall–Kier alpha value is -1.89. The van der Waals surface area contributed by atoms with Gasteiger partial charge < -0.3 is 21.3 Å². The molecule has 0 saturated heterocycles. The maximum atomic E-state index is 11.3. The summed E-state index contributed by atoms with van der Waals surface area (Å²) in [5, 5.41) is 19.8. The second-order valence-corrected chi connectivity index (χ2v) is 3.18. The summed E-state index contributed by atoms with van der Waals surface area (Å²) in [6.07, 6.45) is -1.48. The van der Waals surface area contributed by atoms with Crippen molar-refractivity contribution in [3.63, 3.8) is 0 Å². The van der Waals surface area contributed by atoms with Gasteiger partial charge in [0.2, 0.25) is 11.8 Å². The molecule has 5 N–H and O–H groups in total. The van der Waals surface area contributed by atoms with Gasteiger partial charge in [0.15, 0.2) is 0 Å². The van der Waals surface area contributed by atoms with Gasteiger partial charge in [-0.05, 0) is 13.8 Å². The molecule has 0 aliphatic heterocycles. The van der Waals surface area contributed by atoms with Crippen LogP contribution < -0.4 is 11.1 Å². The van der Waals surface area contributed by atoms with Crippen LogP contribution in [0.1, 0.15) is 13.8 Å². The number of carboxylic acids is 1. The lowest BCUT2D eigenvalue weighted by molar-refractivity contribution is -0.133. The highest BCUT2D eigenvalue weighted by Gasteiger charge is 2.15. The molecule has 1 atom stereocenters. The van der Waals surface area contributed by atoms with Gasteiger partial charge in [0.05, 0.1) is 6.54 Å². The minimum Gasteiger partial charge on any atom is -0.478 e. The summed E-state index contributed by atoms with van der Waals surface area (Å²) in [7, 11) is 0. The van der Waals surface area contributed by atoms with Crippen molar-refractivity contribution in [1.29, 1.82) is 0 Å². The summed E-state index contributed by atoms with van der Waals surface area (Å²) in [5.74, 6) is -2.83. The number of aliphatic hydroxyl groups is 1. The Bertz CT molecular complexity index is 348. The average molecular weight is 230 g/mol. The molecule has 0 aliphatic carbocycles. The number of aliphatic carboxylic acids is 1. The zero-order chi connectivity index (χ0) is 12.9. The minimum absolute atomic E-state index is 0.00386. The van der Waals surface area contributed by atoms with E-state index in [0.29, 0.717) is 0 Å². The van der Waals surface area contributed by atoms with Crippen LogP contribution in [-0.2, 0) is 14.4 Å². The molecule has 7 heteroatoms. The van der Waals surface area contributed by atoms with Crippen molar-refractivity contribution >= 4 is 17.8 Å². The van der Waals surface area contributed by atoms with E-state index in [1.807, 2.05) is 0 Å². The smallest absolute Gasteiger partial charge is 0.331 e.